The van der Waals surface area contributed by atoms with Crippen molar-refractivity contribution >= 4 is 17.9 Å². The SMILES string of the molecule is CC/C=C\C/C=C\C/C=C\C/C=C\C/C=C\CCCCCCCCCCCCCCCCCCCCCC(=O)OCC(COC(=O)CCCCCCC)OC(=O)CCCCCCCCCCCCCCCCCCCCCCCCC. The molecule has 0 saturated heterocycles. The van der Waals surface area contributed by atoms with Crippen molar-refractivity contribution in [2.75, 3.05) is 13.2 Å². The number of carbonyl (C=O) groups is 3. The van der Waals surface area contributed by atoms with E-state index in [0.717, 1.165) is 96.3 Å². The third-order valence-corrected chi connectivity index (χ3v) is 16.0. The van der Waals surface area contributed by atoms with E-state index in [9.17, 15) is 14.4 Å². The van der Waals surface area contributed by atoms with Crippen LogP contribution in [0.4, 0.5) is 0 Å². The zero-order valence-corrected chi connectivity index (χ0v) is 54.3. The summed E-state index contributed by atoms with van der Waals surface area (Å²) in [7, 11) is 0. The fourth-order valence-corrected chi connectivity index (χ4v) is 10.7. The van der Waals surface area contributed by atoms with E-state index >= 15 is 0 Å². The van der Waals surface area contributed by atoms with E-state index in [2.05, 4.69) is 81.5 Å². The molecule has 0 aromatic rings. The summed E-state index contributed by atoms with van der Waals surface area (Å²) in [4.78, 5) is 38.0. The number of hydrogen-bond acceptors (Lipinski definition) is 6. The van der Waals surface area contributed by atoms with Gasteiger partial charge in [0.1, 0.15) is 13.2 Å². The maximum atomic E-state index is 12.9. The molecule has 0 heterocycles. The van der Waals surface area contributed by atoms with Crippen molar-refractivity contribution in [2.45, 2.75) is 386 Å². The number of carbonyl (C=O) groups excluding carboxylic acids is 3. The van der Waals surface area contributed by atoms with Crippen LogP contribution in [0, 0.1) is 0 Å². The van der Waals surface area contributed by atoms with Gasteiger partial charge in [-0.1, -0.05) is 358 Å². The molecule has 6 heteroatoms. The van der Waals surface area contributed by atoms with E-state index in [-0.39, 0.29) is 31.1 Å². The van der Waals surface area contributed by atoms with Crippen LogP contribution in [0.25, 0.3) is 0 Å². The zero-order valence-electron chi connectivity index (χ0n) is 54.3. The van der Waals surface area contributed by atoms with E-state index in [1.165, 1.54) is 244 Å². The van der Waals surface area contributed by atoms with Crippen molar-refractivity contribution < 1.29 is 28.6 Å². The van der Waals surface area contributed by atoms with E-state index in [1.807, 2.05) is 0 Å². The molecule has 0 aliphatic rings. The summed E-state index contributed by atoms with van der Waals surface area (Å²) in [6, 6.07) is 0. The van der Waals surface area contributed by atoms with Crippen molar-refractivity contribution in [2.24, 2.45) is 0 Å². The summed E-state index contributed by atoms with van der Waals surface area (Å²) < 4.78 is 16.8. The molecule has 0 bridgehead atoms. The second kappa shape index (κ2) is 69.6. The molecule has 0 rings (SSSR count). The third kappa shape index (κ3) is 67.8. The monoisotopic (exact) mass is 1130 g/mol. The van der Waals surface area contributed by atoms with Crippen molar-refractivity contribution in [1.82, 2.24) is 0 Å². The van der Waals surface area contributed by atoms with Crippen molar-refractivity contribution in [1.29, 1.82) is 0 Å². The van der Waals surface area contributed by atoms with Crippen LogP contribution in [-0.2, 0) is 28.6 Å². The van der Waals surface area contributed by atoms with E-state index in [4.69, 9.17) is 14.2 Å². The van der Waals surface area contributed by atoms with Crippen molar-refractivity contribution in [3.63, 3.8) is 0 Å². The molecule has 0 aromatic carbocycles. The molecule has 0 aliphatic heterocycles. The summed E-state index contributed by atoms with van der Waals surface area (Å²) in [6.07, 6.45) is 90.3. The number of ether oxygens (including phenoxy) is 3. The van der Waals surface area contributed by atoms with Gasteiger partial charge in [0.15, 0.2) is 6.10 Å². The molecule has 0 saturated carbocycles. The van der Waals surface area contributed by atoms with Crippen LogP contribution < -0.4 is 0 Å². The molecular weight excluding hydrogens is 997 g/mol. The predicted octanol–water partition coefficient (Wildman–Crippen LogP) is 24.7. The first-order valence-electron chi connectivity index (χ1n) is 35.8. The van der Waals surface area contributed by atoms with Gasteiger partial charge in [-0.05, 0) is 64.2 Å². The molecule has 0 spiro atoms. The van der Waals surface area contributed by atoms with Crippen molar-refractivity contribution in [3.8, 4) is 0 Å². The Kier molecular flexibility index (Phi) is 67.1. The highest BCUT2D eigenvalue weighted by molar-refractivity contribution is 5.71. The highest BCUT2D eigenvalue weighted by Crippen LogP contribution is 2.19. The maximum absolute atomic E-state index is 12.9. The lowest BCUT2D eigenvalue weighted by molar-refractivity contribution is -0.167. The first-order valence-corrected chi connectivity index (χ1v) is 35.8. The number of allylic oxidation sites excluding steroid dienone is 10. The molecule has 0 fully saturated rings. The Morgan fingerprint density at radius 3 is 0.753 bits per heavy atom. The Hall–Kier alpha value is -2.89. The molecule has 0 amide bonds. The summed E-state index contributed by atoms with van der Waals surface area (Å²) in [5.74, 6) is -0.856. The Morgan fingerprint density at radius 2 is 0.481 bits per heavy atom. The minimum atomic E-state index is -0.766. The number of rotatable bonds is 66. The van der Waals surface area contributed by atoms with Crippen LogP contribution in [0.3, 0.4) is 0 Å². The molecule has 472 valence electrons. The minimum absolute atomic E-state index is 0.0674. The van der Waals surface area contributed by atoms with E-state index in [1.54, 1.807) is 0 Å². The molecule has 0 aromatic heterocycles. The molecule has 81 heavy (non-hydrogen) atoms. The predicted molar refractivity (Wildman–Crippen MR) is 353 cm³/mol. The van der Waals surface area contributed by atoms with Crippen LogP contribution in [0.1, 0.15) is 380 Å². The van der Waals surface area contributed by atoms with Gasteiger partial charge in [0.05, 0.1) is 0 Å². The van der Waals surface area contributed by atoms with Gasteiger partial charge < -0.3 is 14.2 Å². The topological polar surface area (TPSA) is 78.9 Å². The van der Waals surface area contributed by atoms with Gasteiger partial charge in [-0.3, -0.25) is 14.4 Å². The fraction of sp³-hybridized carbons (Fsp3) is 0.827. The Labute approximate surface area is 504 Å². The Morgan fingerprint density at radius 1 is 0.259 bits per heavy atom. The second-order valence-electron chi connectivity index (χ2n) is 24.1. The normalized spacial score (nSPS) is 12.4. The maximum Gasteiger partial charge on any atom is 0.306 e. The first kappa shape index (κ1) is 78.1. The van der Waals surface area contributed by atoms with Gasteiger partial charge in [0.2, 0.25) is 0 Å². The molecule has 0 N–H and O–H groups in total. The van der Waals surface area contributed by atoms with Gasteiger partial charge in [-0.2, -0.15) is 0 Å². The van der Waals surface area contributed by atoms with Crippen LogP contribution in [0.2, 0.25) is 0 Å². The highest BCUT2D eigenvalue weighted by atomic mass is 16.6. The lowest BCUT2D eigenvalue weighted by Crippen LogP contribution is -2.30. The van der Waals surface area contributed by atoms with Gasteiger partial charge in [-0.15, -0.1) is 0 Å². The van der Waals surface area contributed by atoms with Crippen LogP contribution in [0.5, 0.6) is 0 Å². The minimum Gasteiger partial charge on any atom is -0.462 e. The summed E-state index contributed by atoms with van der Waals surface area (Å²) in [5.41, 5.74) is 0. The van der Waals surface area contributed by atoms with E-state index in [0.29, 0.717) is 19.3 Å². The average molecular weight is 1130 g/mol. The lowest BCUT2D eigenvalue weighted by Gasteiger charge is -2.18. The van der Waals surface area contributed by atoms with Crippen LogP contribution >= 0.6 is 0 Å². The molecule has 1 atom stereocenters. The summed E-state index contributed by atoms with van der Waals surface area (Å²) in [5, 5.41) is 0. The molecule has 0 aliphatic carbocycles. The van der Waals surface area contributed by atoms with Gasteiger partial charge in [-0.25, -0.2) is 0 Å². The van der Waals surface area contributed by atoms with Crippen LogP contribution in [0.15, 0.2) is 60.8 Å². The Bertz CT molecular complexity index is 1440. The Balaban J connectivity index is 3.89. The largest absolute Gasteiger partial charge is 0.462 e. The average Bonchev–Trinajstić information content (AvgIpc) is 3.47. The second-order valence-corrected chi connectivity index (χ2v) is 24.1. The van der Waals surface area contributed by atoms with Crippen LogP contribution in [-0.4, -0.2) is 37.2 Å². The van der Waals surface area contributed by atoms with Gasteiger partial charge in [0.25, 0.3) is 0 Å². The number of hydrogen-bond donors (Lipinski definition) is 0. The zero-order chi connectivity index (χ0) is 58.5. The highest BCUT2D eigenvalue weighted by Gasteiger charge is 2.19. The summed E-state index contributed by atoms with van der Waals surface area (Å²) >= 11 is 0. The molecule has 6 nitrogen and oxygen atoms in total. The standard InChI is InChI=1S/C75H136O6/c1-4-7-10-13-15-17-19-21-23-25-27-29-31-32-33-34-35-36-37-38-39-40-41-42-44-45-47-49-51-53-55-57-59-62-65-68-74(77)80-71-72(70-79-73(76)67-64-61-12-9-6-3)81-75(78)69-66-63-60-58-56-54-52-50-48-46-43-30-28-26-24-22-20-18-16-14-11-8-5-2/h7,10,15,17,21,23,27,29,32-33,72H,4-6,8-9,11-14,16,18-20,22,24-26,28,30-31,34-71H2,1-3H3/b10-7-,17-15-,23-21-,29-27-,33-32-. The van der Waals surface area contributed by atoms with Crippen molar-refractivity contribution in [3.05, 3.63) is 60.8 Å². The summed E-state index contributed by atoms with van der Waals surface area (Å²) in [6.45, 7) is 6.51. The molecule has 0 radical (unpaired) electrons. The third-order valence-electron chi connectivity index (χ3n) is 16.0. The fourth-order valence-electron chi connectivity index (χ4n) is 10.7. The number of unbranched alkanes of at least 4 members (excludes halogenated alkanes) is 45. The smallest absolute Gasteiger partial charge is 0.306 e. The van der Waals surface area contributed by atoms with Gasteiger partial charge >= 0.3 is 17.9 Å². The number of esters is 3. The molecular formula is C75H136O6. The lowest BCUT2D eigenvalue weighted by atomic mass is 10.0. The van der Waals surface area contributed by atoms with Gasteiger partial charge in [0, 0.05) is 19.3 Å². The quantitative estimate of drug-likeness (QED) is 0.0261. The van der Waals surface area contributed by atoms with E-state index < -0.39 is 6.10 Å². The first-order chi connectivity index (χ1) is 40.0. The molecule has 1 unspecified atom stereocenters.